The molecule has 0 atom stereocenters. The van der Waals surface area contributed by atoms with Crippen LogP contribution < -0.4 is 4.90 Å². The Kier molecular flexibility index (Phi) is 6.65. The van der Waals surface area contributed by atoms with E-state index in [0.29, 0.717) is 28.9 Å². The molecule has 0 bridgehead atoms. The molecule has 25 heavy (non-hydrogen) atoms. The summed E-state index contributed by atoms with van der Waals surface area (Å²) in [6.45, 7) is 8.36. The van der Waals surface area contributed by atoms with Gasteiger partial charge in [-0.15, -0.1) is 11.3 Å². The van der Waals surface area contributed by atoms with Crippen LogP contribution in [0.5, 0.6) is 0 Å². The molecule has 2 aromatic rings. The second-order valence-electron chi connectivity index (χ2n) is 6.31. The number of aromatic nitrogens is 1. The fourth-order valence-electron chi connectivity index (χ4n) is 2.50. The first-order chi connectivity index (χ1) is 11.9. The van der Waals surface area contributed by atoms with E-state index >= 15 is 0 Å². The summed E-state index contributed by atoms with van der Waals surface area (Å²) in [4.78, 5) is 29.8. The summed E-state index contributed by atoms with van der Waals surface area (Å²) in [5.74, 6) is 0.507. The molecule has 0 radical (unpaired) electrons. The van der Waals surface area contributed by atoms with Crippen LogP contribution in [0, 0.1) is 5.92 Å². The molecule has 0 saturated heterocycles. The maximum atomic E-state index is 12.3. The van der Waals surface area contributed by atoms with Crippen molar-refractivity contribution in [2.75, 3.05) is 11.4 Å². The SMILES string of the molecule is CCN(C(C)=O)c1nc(/C=C/C(=O)c2ccc(CC(C)C)cc2)cs1. The van der Waals surface area contributed by atoms with E-state index in [1.54, 1.807) is 11.0 Å². The first kappa shape index (κ1) is 19.1. The number of rotatable bonds is 7. The molecule has 4 nitrogen and oxygen atoms in total. The number of hydrogen-bond donors (Lipinski definition) is 0. The number of amides is 1. The zero-order valence-electron chi connectivity index (χ0n) is 15.2. The van der Waals surface area contributed by atoms with Gasteiger partial charge in [-0.3, -0.25) is 14.5 Å². The van der Waals surface area contributed by atoms with Crippen molar-refractivity contribution < 1.29 is 9.59 Å². The molecule has 2 rings (SSSR count). The Bertz CT molecular complexity index is 760. The van der Waals surface area contributed by atoms with Crippen molar-refractivity contribution in [2.24, 2.45) is 5.92 Å². The Balaban J connectivity index is 2.05. The molecular formula is C20H24N2O2S. The normalized spacial score (nSPS) is 11.2. The third-order valence-corrected chi connectivity index (χ3v) is 4.61. The van der Waals surface area contributed by atoms with Crippen molar-refractivity contribution in [3.63, 3.8) is 0 Å². The largest absolute Gasteiger partial charge is 0.289 e. The minimum atomic E-state index is -0.0513. The summed E-state index contributed by atoms with van der Waals surface area (Å²) in [6, 6.07) is 7.75. The van der Waals surface area contributed by atoms with E-state index in [2.05, 4.69) is 18.8 Å². The lowest BCUT2D eigenvalue weighted by molar-refractivity contribution is -0.116. The maximum absolute atomic E-state index is 12.3. The highest BCUT2D eigenvalue weighted by Gasteiger charge is 2.12. The van der Waals surface area contributed by atoms with E-state index in [1.165, 1.54) is 29.9 Å². The third kappa shape index (κ3) is 5.36. The van der Waals surface area contributed by atoms with E-state index < -0.39 is 0 Å². The topological polar surface area (TPSA) is 50.3 Å². The molecule has 132 valence electrons. The van der Waals surface area contributed by atoms with Gasteiger partial charge in [-0.25, -0.2) is 4.98 Å². The van der Waals surface area contributed by atoms with Crippen molar-refractivity contribution in [1.82, 2.24) is 4.98 Å². The lowest BCUT2D eigenvalue weighted by Gasteiger charge is -2.14. The zero-order valence-corrected chi connectivity index (χ0v) is 16.0. The molecule has 1 heterocycles. The summed E-state index contributed by atoms with van der Waals surface area (Å²) < 4.78 is 0. The predicted octanol–water partition coefficient (Wildman–Crippen LogP) is 4.61. The van der Waals surface area contributed by atoms with E-state index in [-0.39, 0.29) is 11.7 Å². The van der Waals surface area contributed by atoms with Crippen molar-refractivity contribution in [3.05, 3.63) is 52.5 Å². The second-order valence-corrected chi connectivity index (χ2v) is 7.15. The van der Waals surface area contributed by atoms with Crippen LogP contribution in [-0.4, -0.2) is 23.2 Å². The summed E-state index contributed by atoms with van der Waals surface area (Å²) >= 11 is 1.40. The molecule has 1 aromatic heterocycles. The zero-order chi connectivity index (χ0) is 18.4. The van der Waals surface area contributed by atoms with Gasteiger partial charge in [0.1, 0.15) is 0 Å². The smallest absolute Gasteiger partial charge is 0.225 e. The quantitative estimate of drug-likeness (QED) is 0.538. The molecule has 1 amide bonds. The summed E-state index contributed by atoms with van der Waals surface area (Å²) in [5, 5.41) is 2.50. The van der Waals surface area contributed by atoms with Crippen molar-refractivity contribution in [1.29, 1.82) is 0 Å². The summed E-state index contributed by atoms with van der Waals surface area (Å²) in [7, 11) is 0. The molecule has 0 fully saturated rings. The van der Waals surface area contributed by atoms with Crippen LogP contribution in [0.4, 0.5) is 5.13 Å². The van der Waals surface area contributed by atoms with E-state index in [4.69, 9.17) is 0 Å². The molecule has 1 aromatic carbocycles. The van der Waals surface area contributed by atoms with Crippen molar-refractivity contribution in [2.45, 2.75) is 34.1 Å². The first-order valence-electron chi connectivity index (χ1n) is 8.45. The average molecular weight is 356 g/mol. The van der Waals surface area contributed by atoms with Gasteiger partial charge in [-0.1, -0.05) is 38.1 Å². The van der Waals surface area contributed by atoms with Gasteiger partial charge in [-0.2, -0.15) is 0 Å². The Morgan fingerprint density at radius 1 is 1.24 bits per heavy atom. The third-order valence-electron chi connectivity index (χ3n) is 3.72. The Labute approximate surface area is 153 Å². The van der Waals surface area contributed by atoms with Crippen LogP contribution in [0.3, 0.4) is 0 Å². The molecule has 0 spiro atoms. The van der Waals surface area contributed by atoms with Gasteiger partial charge in [0.05, 0.1) is 5.69 Å². The molecule has 5 heteroatoms. The molecule has 0 unspecified atom stereocenters. The lowest BCUT2D eigenvalue weighted by atomic mass is 10.0. The average Bonchev–Trinajstić information content (AvgIpc) is 3.01. The van der Waals surface area contributed by atoms with Gasteiger partial charge in [0.2, 0.25) is 5.91 Å². The van der Waals surface area contributed by atoms with E-state index in [0.717, 1.165) is 6.42 Å². The number of hydrogen-bond acceptors (Lipinski definition) is 4. The Morgan fingerprint density at radius 3 is 2.48 bits per heavy atom. The molecule has 0 aliphatic heterocycles. The first-order valence-corrected chi connectivity index (χ1v) is 9.33. The van der Waals surface area contributed by atoms with Crippen molar-refractivity contribution >= 4 is 34.2 Å². The Morgan fingerprint density at radius 2 is 1.92 bits per heavy atom. The second kappa shape index (κ2) is 8.72. The van der Waals surface area contributed by atoms with Gasteiger partial charge in [-0.05, 0) is 37.0 Å². The highest BCUT2D eigenvalue weighted by Crippen LogP contribution is 2.21. The predicted molar refractivity (Wildman–Crippen MR) is 104 cm³/mol. The lowest BCUT2D eigenvalue weighted by Crippen LogP contribution is -2.27. The van der Waals surface area contributed by atoms with Gasteiger partial charge in [0, 0.05) is 24.4 Å². The van der Waals surface area contributed by atoms with Gasteiger partial charge < -0.3 is 0 Å². The standard InChI is InChI=1S/C20H24N2O2S/c1-5-22(15(4)23)20-21-18(13-25-20)10-11-19(24)17-8-6-16(7-9-17)12-14(2)3/h6-11,13-14H,5,12H2,1-4H3/b11-10+. The fraction of sp³-hybridized carbons (Fsp3) is 0.350. The number of nitrogens with zero attached hydrogens (tertiary/aromatic N) is 2. The minimum Gasteiger partial charge on any atom is -0.289 e. The molecule has 0 N–H and O–H groups in total. The molecule has 0 aliphatic rings. The van der Waals surface area contributed by atoms with Crippen molar-refractivity contribution in [3.8, 4) is 0 Å². The van der Waals surface area contributed by atoms with Gasteiger partial charge in [0.15, 0.2) is 10.9 Å². The van der Waals surface area contributed by atoms with Crippen LogP contribution in [-0.2, 0) is 11.2 Å². The number of anilines is 1. The number of ketones is 1. The molecule has 0 saturated carbocycles. The monoisotopic (exact) mass is 356 g/mol. The Hall–Kier alpha value is -2.27. The van der Waals surface area contributed by atoms with Crippen LogP contribution in [0.1, 0.15) is 49.3 Å². The summed E-state index contributed by atoms with van der Waals surface area (Å²) in [6.07, 6.45) is 4.23. The highest BCUT2D eigenvalue weighted by molar-refractivity contribution is 7.14. The van der Waals surface area contributed by atoms with Crippen LogP contribution in [0.2, 0.25) is 0 Å². The molecular weight excluding hydrogens is 332 g/mol. The van der Waals surface area contributed by atoms with E-state index in [1.807, 2.05) is 36.6 Å². The summed E-state index contributed by atoms with van der Waals surface area (Å²) in [5.41, 5.74) is 2.59. The van der Waals surface area contributed by atoms with E-state index in [9.17, 15) is 9.59 Å². The number of benzene rings is 1. The minimum absolute atomic E-state index is 0.0371. The van der Waals surface area contributed by atoms with Crippen LogP contribution in [0.15, 0.2) is 35.7 Å². The van der Waals surface area contributed by atoms with Crippen LogP contribution in [0.25, 0.3) is 6.08 Å². The number of thiazole rings is 1. The number of allylic oxidation sites excluding steroid dienone is 1. The van der Waals surface area contributed by atoms with Gasteiger partial charge in [0.25, 0.3) is 0 Å². The van der Waals surface area contributed by atoms with Crippen LogP contribution >= 0.6 is 11.3 Å². The fourth-order valence-corrected chi connectivity index (χ4v) is 3.40. The number of carbonyl (C=O) groups is 2. The highest BCUT2D eigenvalue weighted by atomic mass is 32.1. The maximum Gasteiger partial charge on any atom is 0.225 e. The molecule has 0 aliphatic carbocycles. The number of carbonyl (C=O) groups excluding carboxylic acids is 2. The van der Waals surface area contributed by atoms with Gasteiger partial charge >= 0.3 is 0 Å².